The van der Waals surface area contributed by atoms with Crippen LogP contribution in [0.5, 0.6) is 0 Å². The molecule has 1 aromatic rings. The van der Waals surface area contributed by atoms with Gasteiger partial charge in [0.2, 0.25) is 11.8 Å². The zero-order chi connectivity index (χ0) is 12.6. The molecule has 1 saturated heterocycles. The Morgan fingerprint density at radius 2 is 2.24 bits per heavy atom. The predicted octanol–water partition coefficient (Wildman–Crippen LogP) is 1.60. The van der Waals surface area contributed by atoms with Gasteiger partial charge in [-0.25, -0.2) is 0 Å². The topological polar surface area (TPSA) is 63.4 Å². The molecule has 4 nitrogen and oxygen atoms in total. The Kier molecular flexibility index (Phi) is 3.19. The van der Waals surface area contributed by atoms with Crippen molar-refractivity contribution in [3.63, 3.8) is 0 Å². The highest BCUT2D eigenvalue weighted by Crippen LogP contribution is 2.29. The van der Waals surface area contributed by atoms with E-state index in [9.17, 15) is 9.59 Å². The van der Waals surface area contributed by atoms with Crippen LogP contribution in [0.25, 0.3) is 0 Å². The standard InChI is InChI=1S/C12H13BrN2O2/c1-7-4-9(13)2-3-10(7)15-6-8(12(14)17)5-11(15)16/h2-4,8H,5-6H2,1H3,(H2,14,17)/t8-/m1/s1. The summed E-state index contributed by atoms with van der Waals surface area (Å²) in [5.74, 6) is -0.819. The third kappa shape index (κ3) is 2.34. The molecule has 1 atom stereocenters. The van der Waals surface area contributed by atoms with Crippen molar-refractivity contribution in [1.29, 1.82) is 0 Å². The second-order valence-corrected chi connectivity index (χ2v) is 5.15. The summed E-state index contributed by atoms with van der Waals surface area (Å²) in [5, 5.41) is 0. The van der Waals surface area contributed by atoms with E-state index in [0.717, 1.165) is 15.7 Å². The van der Waals surface area contributed by atoms with Crippen LogP contribution in [-0.4, -0.2) is 18.4 Å². The van der Waals surface area contributed by atoms with Gasteiger partial charge in [0, 0.05) is 23.1 Å². The number of carbonyl (C=O) groups is 2. The molecule has 0 radical (unpaired) electrons. The Morgan fingerprint density at radius 3 is 2.76 bits per heavy atom. The van der Waals surface area contributed by atoms with E-state index in [-0.39, 0.29) is 18.2 Å². The molecular weight excluding hydrogens is 284 g/mol. The average Bonchev–Trinajstić information content (AvgIpc) is 2.61. The van der Waals surface area contributed by atoms with Crippen LogP contribution >= 0.6 is 15.9 Å². The molecule has 1 fully saturated rings. The lowest BCUT2D eigenvalue weighted by molar-refractivity contribution is -0.123. The minimum Gasteiger partial charge on any atom is -0.369 e. The normalized spacial score (nSPS) is 19.8. The summed E-state index contributed by atoms with van der Waals surface area (Å²) < 4.78 is 0.969. The van der Waals surface area contributed by atoms with Crippen molar-refractivity contribution < 1.29 is 9.59 Å². The van der Waals surface area contributed by atoms with Gasteiger partial charge < -0.3 is 10.6 Å². The fourth-order valence-corrected chi connectivity index (χ4v) is 2.53. The van der Waals surface area contributed by atoms with Crippen molar-refractivity contribution in [2.45, 2.75) is 13.3 Å². The number of rotatable bonds is 2. The fraction of sp³-hybridized carbons (Fsp3) is 0.333. The van der Waals surface area contributed by atoms with Crippen molar-refractivity contribution in [2.24, 2.45) is 11.7 Å². The summed E-state index contributed by atoms with van der Waals surface area (Å²) in [5.41, 5.74) is 7.08. The van der Waals surface area contributed by atoms with E-state index in [1.54, 1.807) is 4.90 Å². The van der Waals surface area contributed by atoms with E-state index in [0.29, 0.717) is 6.54 Å². The number of aryl methyl sites for hydroxylation is 1. The Balaban J connectivity index is 2.29. The van der Waals surface area contributed by atoms with Gasteiger partial charge in [-0.2, -0.15) is 0 Å². The van der Waals surface area contributed by atoms with Gasteiger partial charge in [0.05, 0.1) is 5.92 Å². The van der Waals surface area contributed by atoms with Crippen LogP contribution in [-0.2, 0) is 9.59 Å². The Hall–Kier alpha value is -1.36. The summed E-state index contributed by atoms with van der Waals surface area (Å²) in [6.07, 6.45) is 0.213. The first kappa shape index (κ1) is 12.1. The lowest BCUT2D eigenvalue weighted by Crippen LogP contribution is -2.28. The summed E-state index contributed by atoms with van der Waals surface area (Å²) in [6.45, 7) is 2.32. The molecule has 1 aromatic carbocycles. The number of nitrogens with zero attached hydrogens (tertiary/aromatic N) is 1. The molecule has 90 valence electrons. The molecule has 0 aromatic heterocycles. The molecule has 5 heteroatoms. The quantitative estimate of drug-likeness (QED) is 0.901. The highest BCUT2D eigenvalue weighted by atomic mass is 79.9. The van der Waals surface area contributed by atoms with Gasteiger partial charge >= 0.3 is 0 Å². The molecule has 1 aliphatic heterocycles. The number of halogens is 1. The molecule has 2 rings (SSSR count). The minimum absolute atomic E-state index is 0.0424. The van der Waals surface area contributed by atoms with E-state index in [4.69, 9.17) is 5.73 Å². The smallest absolute Gasteiger partial charge is 0.227 e. The molecule has 0 aliphatic carbocycles. The Morgan fingerprint density at radius 1 is 1.53 bits per heavy atom. The van der Waals surface area contributed by atoms with Crippen LogP contribution in [0.3, 0.4) is 0 Å². The maximum atomic E-state index is 11.8. The molecule has 17 heavy (non-hydrogen) atoms. The van der Waals surface area contributed by atoms with Crippen LogP contribution < -0.4 is 10.6 Å². The highest BCUT2D eigenvalue weighted by Gasteiger charge is 2.34. The summed E-state index contributed by atoms with van der Waals surface area (Å²) >= 11 is 3.38. The molecule has 2 N–H and O–H groups in total. The van der Waals surface area contributed by atoms with Gasteiger partial charge in [0.1, 0.15) is 0 Å². The number of carbonyl (C=O) groups excluding carboxylic acids is 2. The van der Waals surface area contributed by atoms with Crippen LogP contribution in [0.2, 0.25) is 0 Å². The second-order valence-electron chi connectivity index (χ2n) is 4.24. The predicted molar refractivity (Wildman–Crippen MR) is 68.5 cm³/mol. The third-order valence-corrected chi connectivity index (χ3v) is 3.47. The number of benzene rings is 1. The van der Waals surface area contributed by atoms with Crippen molar-refractivity contribution >= 4 is 33.4 Å². The van der Waals surface area contributed by atoms with Gasteiger partial charge in [-0.15, -0.1) is 0 Å². The molecule has 1 heterocycles. The summed E-state index contributed by atoms with van der Waals surface area (Å²) in [6, 6.07) is 5.70. The van der Waals surface area contributed by atoms with Crippen LogP contribution in [0.4, 0.5) is 5.69 Å². The van der Waals surface area contributed by atoms with E-state index in [1.807, 2.05) is 25.1 Å². The molecule has 0 unspecified atom stereocenters. The number of hydrogen-bond donors (Lipinski definition) is 1. The van der Waals surface area contributed by atoms with Crippen LogP contribution in [0.15, 0.2) is 22.7 Å². The summed E-state index contributed by atoms with van der Waals surface area (Å²) in [7, 11) is 0. The van der Waals surface area contributed by atoms with Gasteiger partial charge in [-0.05, 0) is 30.7 Å². The third-order valence-electron chi connectivity index (χ3n) is 2.98. The Labute approximate surface area is 108 Å². The second kappa shape index (κ2) is 4.49. The van der Waals surface area contributed by atoms with E-state index in [1.165, 1.54) is 0 Å². The molecule has 0 spiro atoms. The highest BCUT2D eigenvalue weighted by molar-refractivity contribution is 9.10. The van der Waals surface area contributed by atoms with Gasteiger partial charge in [0.25, 0.3) is 0 Å². The first-order valence-corrected chi connectivity index (χ1v) is 6.14. The maximum absolute atomic E-state index is 11.8. The van der Waals surface area contributed by atoms with Crippen LogP contribution in [0.1, 0.15) is 12.0 Å². The first-order valence-electron chi connectivity index (χ1n) is 5.35. The van der Waals surface area contributed by atoms with Gasteiger partial charge in [-0.1, -0.05) is 15.9 Å². The average molecular weight is 297 g/mol. The zero-order valence-corrected chi connectivity index (χ0v) is 11.0. The first-order chi connectivity index (χ1) is 7.99. The number of hydrogen-bond acceptors (Lipinski definition) is 2. The minimum atomic E-state index is -0.407. The molecule has 0 bridgehead atoms. The maximum Gasteiger partial charge on any atom is 0.227 e. The fourth-order valence-electron chi connectivity index (χ4n) is 2.05. The number of primary amides is 1. The van der Waals surface area contributed by atoms with E-state index in [2.05, 4.69) is 15.9 Å². The number of nitrogens with two attached hydrogens (primary N) is 1. The molecule has 0 saturated carbocycles. The number of amides is 2. The Bertz CT molecular complexity index is 487. The summed E-state index contributed by atoms with van der Waals surface area (Å²) in [4.78, 5) is 24.6. The van der Waals surface area contributed by atoms with E-state index < -0.39 is 5.91 Å². The van der Waals surface area contributed by atoms with E-state index >= 15 is 0 Å². The van der Waals surface area contributed by atoms with Crippen molar-refractivity contribution in [2.75, 3.05) is 11.4 Å². The largest absolute Gasteiger partial charge is 0.369 e. The van der Waals surface area contributed by atoms with Gasteiger partial charge in [0.15, 0.2) is 0 Å². The lowest BCUT2D eigenvalue weighted by Gasteiger charge is -2.18. The number of anilines is 1. The SMILES string of the molecule is Cc1cc(Br)ccc1N1C[C@H](C(N)=O)CC1=O. The lowest BCUT2D eigenvalue weighted by atomic mass is 10.1. The van der Waals surface area contributed by atoms with Crippen LogP contribution in [0, 0.1) is 12.8 Å². The zero-order valence-electron chi connectivity index (χ0n) is 9.44. The van der Waals surface area contributed by atoms with Crippen molar-refractivity contribution in [3.05, 3.63) is 28.2 Å². The monoisotopic (exact) mass is 296 g/mol. The molecular formula is C12H13BrN2O2. The van der Waals surface area contributed by atoms with Crippen molar-refractivity contribution in [3.8, 4) is 0 Å². The molecule has 2 amide bonds. The molecule has 1 aliphatic rings. The van der Waals surface area contributed by atoms with Gasteiger partial charge in [-0.3, -0.25) is 9.59 Å². The van der Waals surface area contributed by atoms with Crippen molar-refractivity contribution in [1.82, 2.24) is 0 Å².